The third-order valence-corrected chi connectivity index (χ3v) is 3.53. The summed E-state index contributed by atoms with van der Waals surface area (Å²) < 4.78 is 13.8. The van der Waals surface area contributed by atoms with Crippen LogP contribution < -0.4 is 16.4 Å². The predicted octanol–water partition coefficient (Wildman–Crippen LogP) is 2.03. The summed E-state index contributed by atoms with van der Waals surface area (Å²) in [6.07, 6.45) is 0. The van der Waals surface area contributed by atoms with E-state index >= 15 is 0 Å². The number of nitrogens with two attached hydrogens (primary N) is 2. The van der Waals surface area contributed by atoms with Gasteiger partial charge in [-0.2, -0.15) is 0 Å². The first-order chi connectivity index (χ1) is 9.56. The van der Waals surface area contributed by atoms with Gasteiger partial charge in [0.15, 0.2) is 0 Å². The molecular weight excluding hydrogens is 257 g/mol. The van der Waals surface area contributed by atoms with Crippen LogP contribution in [0.3, 0.4) is 0 Å². The van der Waals surface area contributed by atoms with Gasteiger partial charge in [0.2, 0.25) is 0 Å². The second-order valence-corrected chi connectivity index (χ2v) is 4.88. The minimum atomic E-state index is -0.756. The van der Waals surface area contributed by atoms with Crippen molar-refractivity contribution in [2.24, 2.45) is 5.73 Å². The Hall–Kier alpha value is -2.56. The maximum atomic E-state index is 13.8. The summed E-state index contributed by atoms with van der Waals surface area (Å²) in [5, 5.41) is 0. The highest BCUT2D eigenvalue weighted by Gasteiger charge is 2.24. The Labute approximate surface area is 115 Å². The van der Waals surface area contributed by atoms with Crippen molar-refractivity contribution in [3.63, 3.8) is 0 Å². The van der Waals surface area contributed by atoms with E-state index in [9.17, 15) is 9.18 Å². The van der Waals surface area contributed by atoms with Gasteiger partial charge in [0.25, 0.3) is 5.91 Å². The van der Waals surface area contributed by atoms with Gasteiger partial charge in [-0.15, -0.1) is 0 Å². The second kappa shape index (κ2) is 4.52. The fourth-order valence-corrected chi connectivity index (χ4v) is 2.60. The van der Waals surface area contributed by atoms with Gasteiger partial charge in [0.1, 0.15) is 5.82 Å². The van der Waals surface area contributed by atoms with E-state index in [0.717, 1.165) is 11.1 Å². The van der Waals surface area contributed by atoms with Crippen molar-refractivity contribution in [1.29, 1.82) is 0 Å². The first-order valence-electron chi connectivity index (χ1n) is 6.27. The normalized spacial score (nSPS) is 13.3. The van der Waals surface area contributed by atoms with Crippen molar-refractivity contribution < 1.29 is 9.18 Å². The van der Waals surface area contributed by atoms with E-state index < -0.39 is 11.7 Å². The third-order valence-electron chi connectivity index (χ3n) is 3.53. The standard InChI is InChI=1S/C15H14FN3O/c16-12-2-1-3-13(14(12)15(18)20)19-7-9-4-5-11(17)6-10(9)8-19/h1-6H,7-8,17H2,(H2,18,20). The van der Waals surface area contributed by atoms with Crippen LogP contribution in [0.1, 0.15) is 21.5 Å². The van der Waals surface area contributed by atoms with Crippen LogP contribution >= 0.6 is 0 Å². The molecule has 0 radical (unpaired) electrons. The molecule has 5 heteroatoms. The molecule has 1 heterocycles. The summed E-state index contributed by atoms with van der Waals surface area (Å²) in [6.45, 7) is 1.20. The summed E-state index contributed by atoms with van der Waals surface area (Å²) in [6, 6.07) is 10.2. The Bertz CT molecular complexity index is 700. The zero-order valence-electron chi connectivity index (χ0n) is 10.8. The van der Waals surface area contributed by atoms with Crippen LogP contribution in [-0.2, 0) is 13.1 Å². The topological polar surface area (TPSA) is 72.4 Å². The molecule has 0 saturated heterocycles. The first-order valence-corrected chi connectivity index (χ1v) is 6.27. The molecule has 1 amide bonds. The molecule has 2 aromatic carbocycles. The van der Waals surface area contributed by atoms with Gasteiger partial charge >= 0.3 is 0 Å². The highest BCUT2D eigenvalue weighted by Crippen LogP contribution is 2.32. The summed E-state index contributed by atoms with van der Waals surface area (Å²) in [4.78, 5) is 13.4. The molecule has 0 aromatic heterocycles. The van der Waals surface area contributed by atoms with Crippen LogP contribution in [0.2, 0.25) is 0 Å². The van der Waals surface area contributed by atoms with Crippen molar-refractivity contribution in [3.05, 3.63) is 58.9 Å². The molecular formula is C15H14FN3O. The second-order valence-electron chi connectivity index (χ2n) is 4.88. The first kappa shape index (κ1) is 12.5. The van der Waals surface area contributed by atoms with Crippen molar-refractivity contribution in [2.75, 3.05) is 10.6 Å². The molecule has 4 N–H and O–H groups in total. The average Bonchev–Trinajstić information content (AvgIpc) is 2.80. The molecule has 2 aromatic rings. The minimum absolute atomic E-state index is 0.0618. The number of halogens is 1. The van der Waals surface area contributed by atoms with Crippen molar-refractivity contribution in [3.8, 4) is 0 Å². The average molecular weight is 271 g/mol. The Balaban J connectivity index is 2.01. The lowest BCUT2D eigenvalue weighted by Crippen LogP contribution is -2.22. The number of carbonyl (C=O) groups is 1. The number of fused-ring (bicyclic) bond motifs is 1. The van der Waals surface area contributed by atoms with Crippen LogP contribution in [0.25, 0.3) is 0 Å². The SMILES string of the molecule is NC(=O)c1c(F)cccc1N1Cc2ccc(N)cc2C1. The van der Waals surface area contributed by atoms with E-state index in [1.165, 1.54) is 6.07 Å². The van der Waals surface area contributed by atoms with Gasteiger partial charge in [-0.1, -0.05) is 12.1 Å². The van der Waals surface area contributed by atoms with Crippen molar-refractivity contribution in [2.45, 2.75) is 13.1 Å². The molecule has 102 valence electrons. The molecule has 0 aliphatic carbocycles. The maximum absolute atomic E-state index is 13.8. The molecule has 4 nitrogen and oxygen atoms in total. The quantitative estimate of drug-likeness (QED) is 0.821. The number of primary amides is 1. The number of benzene rings is 2. The number of amides is 1. The molecule has 0 fully saturated rings. The lowest BCUT2D eigenvalue weighted by Gasteiger charge is -2.20. The highest BCUT2D eigenvalue weighted by atomic mass is 19.1. The van der Waals surface area contributed by atoms with E-state index in [4.69, 9.17) is 11.5 Å². The van der Waals surface area contributed by atoms with Crippen LogP contribution in [0.5, 0.6) is 0 Å². The molecule has 20 heavy (non-hydrogen) atoms. The van der Waals surface area contributed by atoms with Gasteiger partial charge < -0.3 is 16.4 Å². The lowest BCUT2D eigenvalue weighted by atomic mass is 10.1. The molecule has 0 atom stereocenters. The van der Waals surface area contributed by atoms with E-state index in [1.807, 2.05) is 23.1 Å². The Kier molecular flexibility index (Phi) is 2.82. The van der Waals surface area contributed by atoms with Crippen molar-refractivity contribution in [1.82, 2.24) is 0 Å². The third kappa shape index (κ3) is 1.97. The van der Waals surface area contributed by atoms with Crippen LogP contribution in [0, 0.1) is 5.82 Å². The number of hydrogen-bond donors (Lipinski definition) is 2. The number of carbonyl (C=O) groups excluding carboxylic acids is 1. The summed E-state index contributed by atoms with van der Waals surface area (Å²) in [5.41, 5.74) is 14.4. The zero-order valence-corrected chi connectivity index (χ0v) is 10.8. The highest BCUT2D eigenvalue weighted by molar-refractivity contribution is 5.99. The van der Waals surface area contributed by atoms with E-state index in [2.05, 4.69) is 0 Å². The molecule has 0 saturated carbocycles. The number of nitrogen functional groups attached to an aromatic ring is 1. The molecule has 1 aliphatic rings. The van der Waals surface area contributed by atoms with E-state index in [-0.39, 0.29) is 5.56 Å². The number of hydrogen-bond acceptors (Lipinski definition) is 3. The van der Waals surface area contributed by atoms with Gasteiger partial charge in [0, 0.05) is 18.8 Å². The monoisotopic (exact) mass is 271 g/mol. The molecule has 3 rings (SSSR count). The smallest absolute Gasteiger partial charge is 0.253 e. The van der Waals surface area contributed by atoms with Crippen LogP contribution in [-0.4, -0.2) is 5.91 Å². The van der Waals surface area contributed by atoms with E-state index in [1.54, 1.807) is 12.1 Å². The number of anilines is 2. The number of nitrogens with zero attached hydrogens (tertiary/aromatic N) is 1. The summed E-state index contributed by atoms with van der Waals surface area (Å²) in [5.74, 6) is -1.35. The van der Waals surface area contributed by atoms with Crippen molar-refractivity contribution >= 4 is 17.3 Å². The largest absolute Gasteiger partial charge is 0.399 e. The fourth-order valence-electron chi connectivity index (χ4n) is 2.60. The summed E-state index contributed by atoms with van der Waals surface area (Å²) in [7, 11) is 0. The van der Waals surface area contributed by atoms with Crippen LogP contribution in [0.15, 0.2) is 36.4 Å². The van der Waals surface area contributed by atoms with Gasteiger partial charge in [0.05, 0.1) is 11.3 Å². The van der Waals surface area contributed by atoms with Gasteiger partial charge in [-0.05, 0) is 35.4 Å². The van der Waals surface area contributed by atoms with Gasteiger partial charge in [-0.25, -0.2) is 4.39 Å². The summed E-state index contributed by atoms with van der Waals surface area (Å²) >= 11 is 0. The number of rotatable bonds is 2. The molecule has 0 bridgehead atoms. The minimum Gasteiger partial charge on any atom is -0.399 e. The van der Waals surface area contributed by atoms with Crippen LogP contribution in [0.4, 0.5) is 15.8 Å². The maximum Gasteiger partial charge on any atom is 0.253 e. The Morgan fingerprint density at radius 3 is 2.65 bits per heavy atom. The Morgan fingerprint density at radius 2 is 1.90 bits per heavy atom. The lowest BCUT2D eigenvalue weighted by molar-refractivity contribution is 0.0997. The fraction of sp³-hybridized carbons (Fsp3) is 0.133. The predicted molar refractivity (Wildman–Crippen MR) is 75.7 cm³/mol. The van der Waals surface area contributed by atoms with Gasteiger partial charge in [-0.3, -0.25) is 4.79 Å². The van der Waals surface area contributed by atoms with E-state index in [0.29, 0.717) is 24.5 Å². The Morgan fingerprint density at radius 1 is 1.15 bits per heavy atom. The zero-order chi connectivity index (χ0) is 14.3. The molecule has 0 unspecified atom stereocenters. The molecule has 1 aliphatic heterocycles. The molecule has 0 spiro atoms.